The van der Waals surface area contributed by atoms with Crippen LogP contribution in [0.3, 0.4) is 0 Å². The standard InChI is InChI=1S/C21H28F2N2O7/c1-9(2)25-10(3)12(5-11-6-13(22)19(30-4)14(23)7-11)20(24-25)32-21-18(29)17(28)16(27)15(8-26)31-21/h6-7,9,15-18,21,26-29H,5,8H2,1-4H3/t15-,16-,17?,18-,21+/m1/s1. The highest BCUT2D eigenvalue weighted by molar-refractivity contribution is 5.39. The summed E-state index contributed by atoms with van der Waals surface area (Å²) in [4.78, 5) is 0. The van der Waals surface area contributed by atoms with E-state index in [-0.39, 0.29) is 18.3 Å². The Labute approximate surface area is 183 Å². The summed E-state index contributed by atoms with van der Waals surface area (Å²) in [5, 5.41) is 44.0. The van der Waals surface area contributed by atoms with Gasteiger partial charge in [-0.25, -0.2) is 8.78 Å². The van der Waals surface area contributed by atoms with Crippen molar-refractivity contribution in [3.8, 4) is 11.6 Å². The molecule has 0 saturated carbocycles. The highest BCUT2D eigenvalue weighted by Gasteiger charge is 2.45. The van der Waals surface area contributed by atoms with Gasteiger partial charge in [0.05, 0.1) is 13.7 Å². The molecule has 178 valence electrons. The maximum absolute atomic E-state index is 14.2. The number of aromatic nitrogens is 2. The first-order chi connectivity index (χ1) is 15.1. The third-order valence-corrected chi connectivity index (χ3v) is 5.45. The lowest BCUT2D eigenvalue weighted by atomic mass is 9.99. The third kappa shape index (κ3) is 4.57. The average Bonchev–Trinajstić information content (AvgIpc) is 3.04. The molecule has 4 N–H and O–H groups in total. The van der Waals surface area contributed by atoms with Crippen LogP contribution in [0.25, 0.3) is 0 Å². The number of hydrogen-bond acceptors (Lipinski definition) is 8. The van der Waals surface area contributed by atoms with Crippen LogP contribution < -0.4 is 9.47 Å². The van der Waals surface area contributed by atoms with E-state index in [1.807, 2.05) is 13.8 Å². The van der Waals surface area contributed by atoms with E-state index >= 15 is 0 Å². The van der Waals surface area contributed by atoms with Crippen LogP contribution in [0.4, 0.5) is 8.78 Å². The zero-order valence-corrected chi connectivity index (χ0v) is 18.2. The maximum Gasteiger partial charge on any atom is 0.239 e. The minimum atomic E-state index is -1.62. The predicted molar refractivity (Wildman–Crippen MR) is 107 cm³/mol. The molecule has 0 bridgehead atoms. The summed E-state index contributed by atoms with van der Waals surface area (Å²) in [5.74, 6) is -2.17. The first-order valence-corrected chi connectivity index (χ1v) is 10.2. The van der Waals surface area contributed by atoms with Gasteiger partial charge in [0, 0.05) is 23.7 Å². The molecule has 5 atom stereocenters. The van der Waals surface area contributed by atoms with Crippen LogP contribution in [0.5, 0.6) is 11.6 Å². The number of hydrogen-bond donors (Lipinski definition) is 4. The van der Waals surface area contributed by atoms with Crippen molar-refractivity contribution < 1.29 is 43.4 Å². The summed E-state index contributed by atoms with van der Waals surface area (Å²) < 4.78 is 45.9. The van der Waals surface area contributed by atoms with Crippen molar-refractivity contribution in [1.82, 2.24) is 9.78 Å². The van der Waals surface area contributed by atoms with Crippen molar-refractivity contribution in [3.63, 3.8) is 0 Å². The highest BCUT2D eigenvalue weighted by Crippen LogP contribution is 2.32. The van der Waals surface area contributed by atoms with E-state index < -0.39 is 54.7 Å². The molecule has 1 aromatic heterocycles. The van der Waals surface area contributed by atoms with E-state index in [2.05, 4.69) is 5.10 Å². The van der Waals surface area contributed by atoms with Crippen molar-refractivity contribution in [2.24, 2.45) is 0 Å². The van der Waals surface area contributed by atoms with Gasteiger partial charge in [0.25, 0.3) is 0 Å². The van der Waals surface area contributed by atoms with Gasteiger partial charge in [0.1, 0.15) is 24.4 Å². The summed E-state index contributed by atoms with van der Waals surface area (Å²) in [6.45, 7) is 4.92. The van der Waals surface area contributed by atoms with E-state index in [9.17, 15) is 29.2 Å². The van der Waals surface area contributed by atoms with Crippen molar-refractivity contribution in [3.05, 3.63) is 40.6 Å². The van der Waals surface area contributed by atoms with Gasteiger partial charge in [-0.1, -0.05) is 0 Å². The third-order valence-electron chi connectivity index (χ3n) is 5.45. The lowest BCUT2D eigenvalue weighted by Crippen LogP contribution is -2.60. The SMILES string of the molecule is COc1c(F)cc(Cc2c(O[C@@H]3O[C@H](CO)[C@@H](O)C(O)[C@H]3O)nn(C(C)C)c2C)cc1F. The van der Waals surface area contributed by atoms with E-state index in [0.717, 1.165) is 12.1 Å². The van der Waals surface area contributed by atoms with Gasteiger partial charge >= 0.3 is 0 Å². The number of halogens is 2. The zero-order valence-electron chi connectivity index (χ0n) is 18.2. The summed E-state index contributed by atoms with van der Waals surface area (Å²) >= 11 is 0. The summed E-state index contributed by atoms with van der Waals surface area (Å²) in [7, 11) is 1.17. The van der Waals surface area contributed by atoms with Crippen molar-refractivity contribution >= 4 is 0 Å². The Balaban J connectivity index is 1.96. The minimum Gasteiger partial charge on any atom is -0.491 e. The van der Waals surface area contributed by atoms with E-state index in [0.29, 0.717) is 16.8 Å². The van der Waals surface area contributed by atoms with Gasteiger partial charge in [-0.2, -0.15) is 0 Å². The Hall–Kier alpha value is -2.31. The molecule has 2 aromatic rings. The largest absolute Gasteiger partial charge is 0.491 e. The van der Waals surface area contributed by atoms with Crippen LogP contribution >= 0.6 is 0 Å². The molecule has 2 heterocycles. The topological polar surface area (TPSA) is 126 Å². The molecule has 1 fully saturated rings. The quantitative estimate of drug-likeness (QED) is 0.481. The number of rotatable bonds is 7. The molecule has 11 heteroatoms. The van der Waals surface area contributed by atoms with E-state index in [1.165, 1.54) is 7.11 Å². The summed E-state index contributed by atoms with van der Waals surface area (Å²) in [5.41, 5.74) is 1.45. The molecule has 0 aliphatic carbocycles. The molecule has 32 heavy (non-hydrogen) atoms. The lowest BCUT2D eigenvalue weighted by molar-refractivity contribution is -0.278. The Morgan fingerprint density at radius 3 is 2.28 bits per heavy atom. The molecule has 3 rings (SSSR count). The molecule has 1 aromatic carbocycles. The molecule has 0 radical (unpaired) electrons. The van der Waals surface area contributed by atoms with Crippen LogP contribution in [0.2, 0.25) is 0 Å². The molecule has 0 spiro atoms. The Bertz CT molecular complexity index is 927. The van der Waals surface area contributed by atoms with Gasteiger partial charge in [-0.05, 0) is 38.5 Å². The monoisotopic (exact) mass is 458 g/mol. The molecule has 1 saturated heterocycles. The van der Waals surface area contributed by atoms with Crippen molar-refractivity contribution in [1.29, 1.82) is 0 Å². The normalized spacial score (nSPS) is 25.9. The Morgan fingerprint density at radius 1 is 1.12 bits per heavy atom. The van der Waals surface area contributed by atoms with E-state index in [1.54, 1.807) is 11.6 Å². The van der Waals surface area contributed by atoms with Gasteiger partial charge in [0.2, 0.25) is 12.2 Å². The fourth-order valence-corrected chi connectivity index (χ4v) is 3.72. The molecule has 1 unspecified atom stereocenters. The molecule has 1 aliphatic rings. The van der Waals surface area contributed by atoms with Crippen LogP contribution in [0, 0.1) is 18.6 Å². The average molecular weight is 458 g/mol. The van der Waals surface area contributed by atoms with Gasteiger partial charge < -0.3 is 34.6 Å². The number of aliphatic hydroxyl groups is 4. The fraction of sp³-hybridized carbons (Fsp3) is 0.571. The minimum absolute atomic E-state index is 0.0252. The number of nitrogens with zero attached hydrogens (tertiary/aromatic N) is 2. The van der Waals surface area contributed by atoms with Gasteiger partial charge in [-0.15, -0.1) is 5.10 Å². The highest BCUT2D eigenvalue weighted by atomic mass is 19.1. The van der Waals surface area contributed by atoms with Gasteiger partial charge in [-0.3, -0.25) is 4.68 Å². The lowest BCUT2D eigenvalue weighted by Gasteiger charge is -2.39. The van der Waals surface area contributed by atoms with E-state index in [4.69, 9.17) is 14.2 Å². The summed E-state index contributed by atoms with van der Waals surface area (Å²) in [6.07, 6.45) is -7.32. The smallest absolute Gasteiger partial charge is 0.239 e. The molecule has 0 amide bonds. The van der Waals surface area contributed by atoms with Crippen molar-refractivity contribution in [2.75, 3.05) is 13.7 Å². The second kappa shape index (κ2) is 9.67. The van der Waals surface area contributed by atoms with Crippen LogP contribution in [-0.4, -0.2) is 74.6 Å². The molecule has 9 nitrogen and oxygen atoms in total. The maximum atomic E-state index is 14.2. The zero-order chi connectivity index (χ0) is 23.7. The second-order valence-corrected chi connectivity index (χ2v) is 7.99. The predicted octanol–water partition coefficient (Wildman–Crippen LogP) is 0.829. The first-order valence-electron chi connectivity index (χ1n) is 10.2. The summed E-state index contributed by atoms with van der Waals surface area (Å²) in [6, 6.07) is 2.21. The molecular formula is C21H28F2N2O7. The Kier molecular flexibility index (Phi) is 7.36. The van der Waals surface area contributed by atoms with Crippen LogP contribution in [0.15, 0.2) is 12.1 Å². The fourth-order valence-electron chi connectivity index (χ4n) is 3.72. The number of aliphatic hydroxyl groups excluding tert-OH is 4. The second-order valence-electron chi connectivity index (χ2n) is 7.99. The molecular weight excluding hydrogens is 430 g/mol. The number of methoxy groups -OCH3 is 1. The van der Waals surface area contributed by atoms with Crippen LogP contribution in [-0.2, 0) is 11.2 Å². The van der Waals surface area contributed by atoms with Crippen LogP contribution in [0.1, 0.15) is 36.7 Å². The number of benzene rings is 1. The van der Waals surface area contributed by atoms with Crippen molar-refractivity contribution in [2.45, 2.75) is 63.9 Å². The molecule has 1 aliphatic heterocycles. The Morgan fingerprint density at radius 2 is 1.75 bits per heavy atom. The number of ether oxygens (including phenoxy) is 3. The first kappa shape index (κ1) is 24.3. The van der Waals surface area contributed by atoms with Gasteiger partial charge in [0.15, 0.2) is 17.4 Å².